The number of aryl methyl sites for hydroxylation is 1. The van der Waals surface area contributed by atoms with Gasteiger partial charge >= 0.3 is 0 Å². The summed E-state index contributed by atoms with van der Waals surface area (Å²) in [5.74, 6) is 0.848. The summed E-state index contributed by atoms with van der Waals surface area (Å²) in [6.07, 6.45) is 0.484. The van der Waals surface area contributed by atoms with Crippen LogP contribution in [-0.2, 0) is 16.8 Å². The molecule has 0 aliphatic carbocycles. The van der Waals surface area contributed by atoms with Gasteiger partial charge in [0.1, 0.15) is 5.54 Å². The summed E-state index contributed by atoms with van der Waals surface area (Å²) in [7, 11) is 0. The van der Waals surface area contributed by atoms with Crippen molar-refractivity contribution in [2.75, 3.05) is 6.54 Å². The van der Waals surface area contributed by atoms with Gasteiger partial charge in [0.05, 0.1) is 0 Å². The molecule has 0 saturated carbocycles. The van der Waals surface area contributed by atoms with Crippen LogP contribution in [0.2, 0.25) is 0 Å². The Morgan fingerprint density at radius 2 is 2.10 bits per heavy atom. The Hall–Kier alpha value is -2.21. The van der Waals surface area contributed by atoms with Gasteiger partial charge in [-0.2, -0.15) is 4.98 Å². The molecular weight excluding hydrogens is 256 g/mol. The van der Waals surface area contributed by atoms with Gasteiger partial charge in [-0.25, -0.2) is 0 Å². The van der Waals surface area contributed by atoms with Crippen molar-refractivity contribution in [2.24, 2.45) is 5.73 Å². The Kier molecular flexibility index (Phi) is 4.14. The molecule has 6 nitrogen and oxygen atoms in total. The van der Waals surface area contributed by atoms with Crippen LogP contribution in [0.5, 0.6) is 0 Å². The molecule has 106 valence electrons. The quantitative estimate of drug-likeness (QED) is 0.845. The topological polar surface area (TPSA) is 94.0 Å². The summed E-state index contributed by atoms with van der Waals surface area (Å²) in [4.78, 5) is 16.2. The monoisotopic (exact) mass is 274 g/mol. The number of rotatable bonds is 5. The van der Waals surface area contributed by atoms with Crippen molar-refractivity contribution < 1.29 is 9.32 Å². The van der Waals surface area contributed by atoms with E-state index in [1.165, 1.54) is 0 Å². The second-order valence-electron chi connectivity index (χ2n) is 4.81. The standard InChI is InChI=1S/C14H18N4O2/c1-10-17-12(20-18-10)8-9-16-13(19)14(2,15)11-6-4-3-5-7-11/h3-7H,8-9,15H2,1-2H3,(H,16,19). The second kappa shape index (κ2) is 5.83. The van der Waals surface area contributed by atoms with Crippen molar-refractivity contribution >= 4 is 5.91 Å². The molecule has 0 spiro atoms. The zero-order valence-corrected chi connectivity index (χ0v) is 11.6. The first-order chi connectivity index (χ1) is 9.50. The van der Waals surface area contributed by atoms with E-state index in [1.807, 2.05) is 30.3 Å². The number of carbonyl (C=O) groups is 1. The minimum atomic E-state index is -1.06. The molecule has 1 heterocycles. The highest BCUT2D eigenvalue weighted by atomic mass is 16.5. The van der Waals surface area contributed by atoms with Gasteiger partial charge in [-0.15, -0.1) is 0 Å². The maximum atomic E-state index is 12.2. The molecule has 0 bridgehead atoms. The van der Waals surface area contributed by atoms with Crippen molar-refractivity contribution in [3.05, 3.63) is 47.6 Å². The molecule has 0 saturated heterocycles. The predicted octanol–water partition coefficient (Wildman–Crippen LogP) is 0.911. The van der Waals surface area contributed by atoms with E-state index in [0.29, 0.717) is 24.7 Å². The first kappa shape index (κ1) is 14.2. The summed E-state index contributed by atoms with van der Waals surface area (Å²) in [6, 6.07) is 9.27. The van der Waals surface area contributed by atoms with E-state index < -0.39 is 5.54 Å². The SMILES string of the molecule is Cc1noc(CCNC(=O)C(C)(N)c2ccccc2)n1. The molecule has 6 heteroatoms. The van der Waals surface area contributed by atoms with Gasteiger partial charge in [-0.05, 0) is 19.4 Å². The molecule has 0 aliphatic rings. The Balaban J connectivity index is 1.91. The van der Waals surface area contributed by atoms with Crippen molar-refractivity contribution in [3.8, 4) is 0 Å². The smallest absolute Gasteiger partial charge is 0.244 e. The van der Waals surface area contributed by atoms with Crippen LogP contribution in [0.1, 0.15) is 24.2 Å². The summed E-state index contributed by atoms with van der Waals surface area (Å²) >= 11 is 0. The lowest BCUT2D eigenvalue weighted by atomic mass is 9.92. The first-order valence-electron chi connectivity index (χ1n) is 6.42. The lowest BCUT2D eigenvalue weighted by molar-refractivity contribution is -0.126. The van der Waals surface area contributed by atoms with Crippen molar-refractivity contribution in [1.82, 2.24) is 15.5 Å². The van der Waals surface area contributed by atoms with Crippen LogP contribution < -0.4 is 11.1 Å². The predicted molar refractivity (Wildman–Crippen MR) is 73.7 cm³/mol. The highest BCUT2D eigenvalue weighted by Gasteiger charge is 2.29. The molecule has 1 amide bonds. The van der Waals surface area contributed by atoms with Gasteiger partial charge < -0.3 is 15.6 Å². The van der Waals surface area contributed by atoms with E-state index in [4.69, 9.17) is 10.3 Å². The number of amides is 1. The number of nitrogens with one attached hydrogen (secondary N) is 1. The largest absolute Gasteiger partial charge is 0.354 e. The molecule has 2 aromatic rings. The molecule has 0 fully saturated rings. The number of aromatic nitrogens is 2. The van der Waals surface area contributed by atoms with E-state index in [1.54, 1.807) is 13.8 Å². The van der Waals surface area contributed by atoms with Gasteiger partial charge in [-0.3, -0.25) is 4.79 Å². The van der Waals surface area contributed by atoms with Crippen LogP contribution in [-0.4, -0.2) is 22.6 Å². The molecule has 1 unspecified atom stereocenters. The fourth-order valence-electron chi connectivity index (χ4n) is 1.82. The molecule has 1 aromatic heterocycles. The number of nitrogens with two attached hydrogens (primary N) is 1. The number of nitrogens with zero attached hydrogens (tertiary/aromatic N) is 2. The minimum absolute atomic E-state index is 0.236. The van der Waals surface area contributed by atoms with Gasteiger partial charge in [0.2, 0.25) is 11.8 Å². The number of carbonyl (C=O) groups excluding carboxylic acids is 1. The van der Waals surface area contributed by atoms with Crippen LogP contribution in [0.15, 0.2) is 34.9 Å². The van der Waals surface area contributed by atoms with Gasteiger partial charge in [0.15, 0.2) is 5.82 Å². The van der Waals surface area contributed by atoms with Crippen molar-refractivity contribution in [2.45, 2.75) is 25.8 Å². The zero-order chi connectivity index (χ0) is 14.6. The Morgan fingerprint density at radius 3 is 2.70 bits per heavy atom. The molecular formula is C14H18N4O2. The van der Waals surface area contributed by atoms with Crippen LogP contribution >= 0.6 is 0 Å². The lowest BCUT2D eigenvalue weighted by Gasteiger charge is -2.23. The molecule has 20 heavy (non-hydrogen) atoms. The summed E-state index contributed by atoms with van der Waals surface area (Å²) in [5.41, 5.74) is 5.81. The van der Waals surface area contributed by atoms with Crippen LogP contribution in [0.3, 0.4) is 0 Å². The molecule has 1 aromatic carbocycles. The first-order valence-corrected chi connectivity index (χ1v) is 6.42. The third-order valence-corrected chi connectivity index (χ3v) is 3.04. The molecule has 1 atom stereocenters. The van der Waals surface area contributed by atoms with E-state index in [2.05, 4.69) is 15.5 Å². The fraction of sp³-hybridized carbons (Fsp3) is 0.357. The molecule has 3 N–H and O–H groups in total. The number of hydrogen-bond donors (Lipinski definition) is 2. The van der Waals surface area contributed by atoms with E-state index >= 15 is 0 Å². The van der Waals surface area contributed by atoms with Crippen LogP contribution in [0.25, 0.3) is 0 Å². The summed E-state index contributed by atoms with van der Waals surface area (Å²) in [5, 5.41) is 6.47. The normalized spacial score (nSPS) is 13.8. The zero-order valence-electron chi connectivity index (χ0n) is 11.6. The second-order valence-corrected chi connectivity index (χ2v) is 4.81. The van der Waals surface area contributed by atoms with Crippen LogP contribution in [0.4, 0.5) is 0 Å². The highest BCUT2D eigenvalue weighted by molar-refractivity contribution is 5.86. The van der Waals surface area contributed by atoms with Crippen LogP contribution in [0, 0.1) is 6.92 Å². The minimum Gasteiger partial charge on any atom is -0.354 e. The van der Waals surface area contributed by atoms with E-state index in [0.717, 1.165) is 5.56 Å². The lowest BCUT2D eigenvalue weighted by Crippen LogP contribution is -2.49. The average molecular weight is 274 g/mol. The van der Waals surface area contributed by atoms with Gasteiger partial charge in [0.25, 0.3) is 0 Å². The number of benzene rings is 1. The fourth-order valence-corrected chi connectivity index (χ4v) is 1.82. The van der Waals surface area contributed by atoms with Gasteiger partial charge in [-0.1, -0.05) is 35.5 Å². The Labute approximate surface area is 117 Å². The Bertz CT molecular complexity index is 578. The molecule has 0 radical (unpaired) electrons. The third-order valence-electron chi connectivity index (χ3n) is 3.04. The third kappa shape index (κ3) is 3.21. The maximum Gasteiger partial charge on any atom is 0.244 e. The average Bonchev–Trinajstić information content (AvgIpc) is 2.85. The summed E-state index contributed by atoms with van der Waals surface area (Å²) < 4.78 is 4.97. The van der Waals surface area contributed by atoms with Crippen molar-refractivity contribution in [3.63, 3.8) is 0 Å². The van der Waals surface area contributed by atoms with Crippen molar-refractivity contribution in [1.29, 1.82) is 0 Å². The summed E-state index contributed by atoms with van der Waals surface area (Å²) in [6.45, 7) is 3.84. The maximum absolute atomic E-state index is 12.2. The van der Waals surface area contributed by atoms with E-state index in [-0.39, 0.29) is 5.91 Å². The van der Waals surface area contributed by atoms with Gasteiger partial charge in [0, 0.05) is 13.0 Å². The molecule has 0 aliphatic heterocycles. The molecule has 2 rings (SSSR count). The Morgan fingerprint density at radius 1 is 1.40 bits per heavy atom. The van der Waals surface area contributed by atoms with E-state index in [9.17, 15) is 4.79 Å². The number of hydrogen-bond acceptors (Lipinski definition) is 5. The highest BCUT2D eigenvalue weighted by Crippen LogP contribution is 2.17.